The molecule has 0 bridgehead atoms. The molecule has 0 unspecified atom stereocenters. The monoisotopic (exact) mass is 248 g/mol. The molecule has 0 saturated heterocycles. The fourth-order valence-corrected chi connectivity index (χ4v) is 2.39. The van der Waals surface area contributed by atoms with Gasteiger partial charge in [0.2, 0.25) is 0 Å². The third kappa shape index (κ3) is 1.76. The highest BCUT2D eigenvalue weighted by Gasteiger charge is 2.06. The Morgan fingerprint density at radius 1 is 0.842 bits per heavy atom. The Bertz CT molecular complexity index is 843. The lowest BCUT2D eigenvalue weighted by atomic mass is 10.2. The average Bonchev–Trinajstić information content (AvgIpc) is 2.88. The van der Waals surface area contributed by atoms with Gasteiger partial charge in [-0.15, -0.1) is 0 Å². The van der Waals surface area contributed by atoms with E-state index in [4.69, 9.17) is 4.98 Å². The Kier molecular flexibility index (Phi) is 2.92. The molecule has 0 atom stereocenters. The van der Waals surface area contributed by atoms with Crippen LogP contribution in [-0.4, -0.2) is 9.38 Å². The SMILES string of the molecule is CC.c1ccc2c(c1)ccn1c3ccccc3nc21. The van der Waals surface area contributed by atoms with Crippen LogP contribution in [0.3, 0.4) is 0 Å². The van der Waals surface area contributed by atoms with Crippen molar-refractivity contribution < 1.29 is 0 Å². The molecule has 4 aromatic rings. The normalized spacial score (nSPS) is 10.6. The minimum absolute atomic E-state index is 1.03. The van der Waals surface area contributed by atoms with Crippen molar-refractivity contribution in [1.82, 2.24) is 9.38 Å². The lowest BCUT2D eigenvalue weighted by molar-refractivity contribution is 1.25. The summed E-state index contributed by atoms with van der Waals surface area (Å²) in [5.74, 6) is 0. The highest BCUT2D eigenvalue weighted by Crippen LogP contribution is 2.23. The Labute approximate surface area is 112 Å². The molecule has 0 radical (unpaired) electrons. The lowest BCUT2D eigenvalue weighted by Crippen LogP contribution is -1.84. The quantitative estimate of drug-likeness (QED) is 0.442. The first-order valence-electron chi connectivity index (χ1n) is 6.68. The van der Waals surface area contributed by atoms with Crippen LogP contribution >= 0.6 is 0 Å². The molecule has 0 aliphatic carbocycles. The van der Waals surface area contributed by atoms with Crippen molar-refractivity contribution in [2.75, 3.05) is 0 Å². The fourth-order valence-electron chi connectivity index (χ4n) is 2.39. The van der Waals surface area contributed by atoms with Crippen molar-refractivity contribution in [2.45, 2.75) is 13.8 Å². The van der Waals surface area contributed by atoms with Crippen molar-refractivity contribution >= 4 is 27.5 Å². The topological polar surface area (TPSA) is 17.3 Å². The summed E-state index contributed by atoms with van der Waals surface area (Å²) in [6.07, 6.45) is 2.09. The van der Waals surface area contributed by atoms with Crippen molar-refractivity contribution in [2.24, 2.45) is 0 Å². The maximum absolute atomic E-state index is 4.71. The molecule has 2 aromatic carbocycles. The van der Waals surface area contributed by atoms with Crippen LogP contribution in [0.4, 0.5) is 0 Å². The zero-order valence-electron chi connectivity index (χ0n) is 11.2. The molecular formula is C17H16N2. The van der Waals surface area contributed by atoms with Gasteiger partial charge in [-0.2, -0.15) is 0 Å². The van der Waals surface area contributed by atoms with Gasteiger partial charge < -0.3 is 0 Å². The van der Waals surface area contributed by atoms with Gasteiger partial charge in [-0.05, 0) is 23.6 Å². The number of benzene rings is 2. The molecule has 0 aliphatic heterocycles. The number of fused-ring (bicyclic) bond motifs is 5. The van der Waals surface area contributed by atoms with Crippen LogP contribution in [0.1, 0.15) is 13.8 Å². The second-order valence-corrected chi connectivity index (χ2v) is 4.20. The van der Waals surface area contributed by atoms with Crippen LogP contribution in [0.5, 0.6) is 0 Å². The summed E-state index contributed by atoms with van der Waals surface area (Å²) in [6.45, 7) is 4.00. The van der Waals surface area contributed by atoms with Crippen molar-refractivity contribution in [3.05, 3.63) is 60.8 Å². The highest BCUT2D eigenvalue weighted by atomic mass is 15.0. The Morgan fingerprint density at radius 3 is 2.47 bits per heavy atom. The molecule has 2 heterocycles. The maximum atomic E-state index is 4.71. The fraction of sp³-hybridized carbons (Fsp3) is 0.118. The summed E-state index contributed by atoms with van der Waals surface area (Å²) in [5.41, 5.74) is 3.24. The van der Waals surface area contributed by atoms with E-state index in [9.17, 15) is 0 Å². The zero-order valence-corrected chi connectivity index (χ0v) is 11.2. The summed E-state index contributed by atoms with van der Waals surface area (Å²) in [5, 5.41) is 2.43. The van der Waals surface area contributed by atoms with Gasteiger partial charge in [0, 0.05) is 11.6 Å². The van der Waals surface area contributed by atoms with Crippen molar-refractivity contribution in [3.63, 3.8) is 0 Å². The number of hydrogen-bond donors (Lipinski definition) is 0. The van der Waals surface area contributed by atoms with Gasteiger partial charge in [0.1, 0.15) is 5.65 Å². The van der Waals surface area contributed by atoms with E-state index in [1.807, 2.05) is 26.0 Å². The second-order valence-electron chi connectivity index (χ2n) is 4.20. The summed E-state index contributed by atoms with van der Waals surface area (Å²) in [4.78, 5) is 4.71. The number of hydrogen-bond acceptors (Lipinski definition) is 1. The van der Waals surface area contributed by atoms with Gasteiger partial charge >= 0.3 is 0 Å². The molecule has 2 nitrogen and oxygen atoms in total. The molecule has 19 heavy (non-hydrogen) atoms. The second kappa shape index (κ2) is 4.73. The summed E-state index contributed by atoms with van der Waals surface area (Å²) >= 11 is 0. The number of aromatic nitrogens is 2. The van der Waals surface area contributed by atoms with Gasteiger partial charge in [0.25, 0.3) is 0 Å². The molecule has 94 valence electrons. The number of imidazole rings is 1. The van der Waals surface area contributed by atoms with Crippen molar-refractivity contribution in [1.29, 1.82) is 0 Å². The molecule has 0 saturated carbocycles. The van der Waals surface area contributed by atoms with Crippen LogP contribution in [0, 0.1) is 0 Å². The zero-order chi connectivity index (χ0) is 13.2. The van der Waals surface area contributed by atoms with E-state index in [0.29, 0.717) is 0 Å². The molecule has 0 amide bonds. The molecule has 2 heteroatoms. The van der Waals surface area contributed by atoms with Gasteiger partial charge in [-0.3, -0.25) is 4.40 Å². The van der Waals surface area contributed by atoms with E-state index < -0.39 is 0 Å². The Balaban J connectivity index is 0.000000528. The predicted molar refractivity (Wildman–Crippen MR) is 81.6 cm³/mol. The minimum atomic E-state index is 1.03. The molecule has 2 aromatic heterocycles. The molecule has 0 spiro atoms. The molecule has 4 rings (SSSR count). The first kappa shape index (κ1) is 11.7. The number of pyridine rings is 1. The van der Waals surface area contributed by atoms with Gasteiger partial charge in [-0.1, -0.05) is 50.2 Å². The van der Waals surface area contributed by atoms with Crippen LogP contribution < -0.4 is 0 Å². The van der Waals surface area contributed by atoms with E-state index >= 15 is 0 Å². The van der Waals surface area contributed by atoms with Gasteiger partial charge in [-0.25, -0.2) is 4.98 Å². The van der Waals surface area contributed by atoms with E-state index in [0.717, 1.165) is 16.7 Å². The van der Waals surface area contributed by atoms with Crippen LogP contribution in [0.15, 0.2) is 60.8 Å². The first-order valence-corrected chi connectivity index (χ1v) is 6.68. The first-order chi connectivity index (χ1) is 9.43. The minimum Gasteiger partial charge on any atom is -0.299 e. The third-order valence-electron chi connectivity index (χ3n) is 3.20. The largest absolute Gasteiger partial charge is 0.299 e. The maximum Gasteiger partial charge on any atom is 0.145 e. The summed E-state index contributed by atoms with van der Waals surface area (Å²) in [6, 6.07) is 18.7. The predicted octanol–water partition coefficient (Wildman–Crippen LogP) is 4.67. The summed E-state index contributed by atoms with van der Waals surface area (Å²) < 4.78 is 2.15. The molecule has 0 N–H and O–H groups in total. The van der Waals surface area contributed by atoms with Gasteiger partial charge in [0.15, 0.2) is 0 Å². The average molecular weight is 248 g/mol. The Morgan fingerprint density at radius 2 is 1.58 bits per heavy atom. The number of nitrogens with zero attached hydrogens (tertiary/aromatic N) is 2. The molecule has 0 aliphatic rings. The third-order valence-corrected chi connectivity index (χ3v) is 3.20. The number of para-hydroxylation sites is 2. The van der Waals surface area contributed by atoms with E-state index in [1.165, 1.54) is 10.8 Å². The smallest absolute Gasteiger partial charge is 0.145 e. The van der Waals surface area contributed by atoms with E-state index in [2.05, 4.69) is 53.1 Å². The van der Waals surface area contributed by atoms with Crippen LogP contribution in [-0.2, 0) is 0 Å². The highest BCUT2D eigenvalue weighted by molar-refractivity contribution is 5.97. The standard InChI is InChI=1S/C15H10N2.C2H6/c1-2-6-12-11(5-1)9-10-17-14-8-4-3-7-13(14)16-15(12)17;1-2/h1-10H;1-2H3. The lowest BCUT2D eigenvalue weighted by Gasteiger charge is -2.00. The van der Waals surface area contributed by atoms with E-state index in [1.54, 1.807) is 0 Å². The summed E-state index contributed by atoms with van der Waals surface area (Å²) in [7, 11) is 0. The molecule has 0 fully saturated rings. The van der Waals surface area contributed by atoms with Crippen LogP contribution in [0.25, 0.3) is 27.5 Å². The van der Waals surface area contributed by atoms with Crippen LogP contribution in [0.2, 0.25) is 0 Å². The Hall–Kier alpha value is -2.35. The van der Waals surface area contributed by atoms with Crippen molar-refractivity contribution in [3.8, 4) is 0 Å². The number of rotatable bonds is 0. The van der Waals surface area contributed by atoms with Gasteiger partial charge in [0.05, 0.1) is 11.0 Å². The molecular weight excluding hydrogens is 232 g/mol. The van der Waals surface area contributed by atoms with E-state index in [-0.39, 0.29) is 0 Å².